The molecule has 12 heavy (non-hydrogen) atoms. The summed E-state index contributed by atoms with van der Waals surface area (Å²) in [6, 6.07) is 0.374. The number of rotatable bonds is 2. The van der Waals surface area contributed by atoms with Crippen molar-refractivity contribution in [3.05, 3.63) is 0 Å². The van der Waals surface area contributed by atoms with Crippen molar-refractivity contribution < 1.29 is 9.53 Å². The summed E-state index contributed by atoms with van der Waals surface area (Å²) >= 11 is 0. The summed E-state index contributed by atoms with van der Waals surface area (Å²) in [5, 5.41) is 3.14. The van der Waals surface area contributed by atoms with E-state index in [4.69, 9.17) is 4.74 Å². The Bertz CT molecular complexity index is 152. The summed E-state index contributed by atoms with van der Waals surface area (Å²) in [6.45, 7) is 1.46. The van der Waals surface area contributed by atoms with Gasteiger partial charge in [-0.1, -0.05) is 0 Å². The SMILES string of the molecule is CN[C@@H]1CCC[C@H]1OC(C)=O.Cl. The zero-order valence-electron chi connectivity index (χ0n) is 7.50. The van der Waals surface area contributed by atoms with Crippen LogP contribution in [0.5, 0.6) is 0 Å². The average Bonchev–Trinajstić information content (AvgIpc) is 2.34. The number of nitrogens with one attached hydrogen (secondary N) is 1. The van der Waals surface area contributed by atoms with Crippen LogP contribution in [0.15, 0.2) is 0 Å². The molecule has 0 spiro atoms. The topological polar surface area (TPSA) is 38.3 Å². The molecule has 0 unspecified atom stereocenters. The van der Waals surface area contributed by atoms with E-state index in [-0.39, 0.29) is 24.5 Å². The monoisotopic (exact) mass is 193 g/mol. The van der Waals surface area contributed by atoms with Crippen LogP contribution in [-0.4, -0.2) is 25.2 Å². The van der Waals surface area contributed by atoms with Crippen molar-refractivity contribution in [1.29, 1.82) is 0 Å². The minimum atomic E-state index is -0.169. The summed E-state index contributed by atoms with van der Waals surface area (Å²) in [5.41, 5.74) is 0. The zero-order valence-corrected chi connectivity index (χ0v) is 8.32. The molecule has 2 atom stereocenters. The number of hydrogen-bond donors (Lipinski definition) is 1. The van der Waals surface area contributed by atoms with Gasteiger partial charge in [0, 0.05) is 13.0 Å². The largest absolute Gasteiger partial charge is 0.461 e. The Morgan fingerprint density at radius 2 is 2.17 bits per heavy atom. The van der Waals surface area contributed by atoms with Gasteiger partial charge < -0.3 is 10.1 Å². The molecule has 0 aromatic rings. The first kappa shape index (κ1) is 11.7. The third kappa shape index (κ3) is 2.99. The third-order valence-electron chi connectivity index (χ3n) is 2.14. The molecule has 1 rings (SSSR count). The Morgan fingerprint density at radius 3 is 2.67 bits per heavy atom. The van der Waals surface area contributed by atoms with Crippen LogP contribution in [0, 0.1) is 0 Å². The van der Waals surface area contributed by atoms with Crippen LogP contribution in [0.25, 0.3) is 0 Å². The van der Waals surface area contributed by atoms with Gasteiger partial charge in [-0.15, -0.1) is 12.4 Å². The Hall–Kier alpha value is -0.280. The molecule has 1 saturated carbocycles. The third-order valence-corrected chi connectivity index (χ3v) is 2.14. The predicted octanol–water partition coefficient (Wildman–Crippen LogP) is 1.11. The lowest BCUT2D eigenvalue weighted by Gasteiger charge is -2.18. The predicted molar refractivity (Wildman–Crippen MR) is 49.5 cm³/mol. The average molecular weight is 194 g/mol. The highest BCUT2D eigenvalue weighted by molar-refractivity contribution is 5.85. The second-order valence-electron chi connectivity index (χ2n) is 2.97. The van der Waals surface area contributed by atoms with Crippen molar-refractivity contribution in [3.8, 4) is 0 Å². The molecule has 0 bridgehead atoms. The molecule has 0 heterocycles. The van der Waals surface area contributed by atoms with E-state index in [1.54, 1.807) is 0 Å². The Labute approximate surface area is 79.3 Å². The lowest BCUT2D eigenvalue weighted by Crippen LogP contribution is -2.35. The molecule has 0 saturated heterocycles. The van der Waals surface area contributed by atoms with Crippen molar-refractivity contribution >= 4 is 18.4 Å². The van der Waals surface area contributed by atoms with E-state index in [1.807, 2.05) is 7.05 Å². The van der Waals surface area contributed by atoms with E-state index >= 15 is 0 Å². The van der Waals surface area contributed by atoms with Gasteiger partial charge in [0.2, 0.25) is 0 Å². The van der Waals surface area contributed by atoms with Crippen LogP contribution in [0.3, 0.4) is 0 Å². The second-order valence-corrected chi connectivity index (χ2v) is 2.97. The van der Waals surface area contributed by atoms with E-state index < -0.39 is 0 Å². The number of hydrogen-bond acceptors (Lipinski definition) is 3. The summed E-state index contributed by atoms with van der Waals surface area (Å²) in [5.74, 6) is -0.169. The zero-order chi connectivity index (χ0) is 8.27. The molecular formula is C8H16ClNO2. The summed E-state index contributed by atoms with van der Waals surface area (Å²) in [6.07, 6.45) is 3.39. The van der Waals surface area contributed by atoms with Crippen LogP contribution in [0.4, 0.5) is 0 Å². The first-order chi connectivity index (χ1) is 5.24. The summed E-state index contributed by atoms with van der Waals surface area (Å²) in [4.78, 5) is 10.6. The molecule has 1 N–H and O–H groups in total. The highest BCUT2D eigenvalue weighted by Gasteiger charge is 2.27. The van der Waals surface area contributed by atoms with Crippen molar-refractivity contribution in [2.45, 2.75) is 38.3 Å². The maximum atomic E-state index is 10.6. The van der Waals surface area contributed by atoms with Gasteiger partial charge in [0.15, 0.2) is 0 Å². The van der Waals surface area contributed by atoms with Crippen LogP contribution in [0.2, 0.25) is 0 Å². The van der Waals surface area contributed by atoms with Crippen molar-refractivity contribution in [2.24, 2.45) is 0 Å². The van der Waals surface area contributed by atoms with Gasteiger partial charge in [-0.3, -0.25) is 4.79 Å². The molecule has 0 radical (unpaired) electrons. The number of carbonyl (C=O) groups is 1. The highest BCUT2D eigenvalue weighted by atomic mass is 35.5. The van der Waals surface area contributed by atoms with Crippen molar-refractivity contribution in [2.75, 3.05) is 7.05 Å². The van der Waals surface area contributed by atoms with Gasteiger partial charge in [0.05, 0.1) is 0 Å². The lowest BCUT2D eigenvalue weighted by atomic mass is 10.2. The number of halogens is 1. The lowest BCUT2D eigenvalue weighted by molar-refractivity contribution is -0.146. The maximum absolute atomic E-state index is 10.6. The number of ether oxygens (including phenoxy) is 1. The van der Waals surface area contributed by atoms with Gasteiger partial charge in [-0.05, 0) is 26.3 Å². The van der Waals surface area contributed by atoms with Crippen LogP contribution >= 0.6 is 12.4 Å². The van der Waals surface area contributed by atoms with Crippen LogP contribution in [0.1, 0.15) is 26.2 Å². The quantitative estimate of drug-likeness (QED) is 0.668. The standard InChI is InChI=1S/C8H15NO2.ClH/c1-6(10)11-8-5-3-4-7(8)9-2;/h7-9H,3-5H2,1-2H3;1H/t7-,8-;/m1./s1. The fourth-order valence-electron chi connectivity index (χ4n) is 1.61. The molecule has 3 nitrogen and oxygen atoms in total. The first-order valence-corrected chi connectivity index (χ1v) is 4.08. The summed E-state index contributed by atoms with van der Waals surface area (Å²) < 4.78 is 5.11. The van der Waals surface area contributed by atoms with Gasteiger partial charge in [0.1, 0.15) is 6.10 Å². The maximum Gasteiger partial charge on any atom is 0.302 e. The van der Waals surface area contributed by atoms with E-state index in [0.717, 1.165) is 19.3 Å². The van der Waals surface area contributed by atoms with Gasteiger partial charge in [0.25, 0.3) is 0 Å². The number of likely N-dealkylation sites (N-methyl/N-ethyl adjacent to an activating group) is 1. The first-order valence-electron chi connectivity index (χ1n) is 4.08. The molecular weight excluding hydrogens is 178 g/mol. The van der Waals surface area contributed by atoms with Gasteiger partial charge >= 0.3 is 5.97 Å². The minimum absolute atomic E-state index is 0. The minimum Gasteiger partial charge on any atom is -0.461 e. The smallest absolute Gasteiger partial charge is 0.302 e. The van der Waals surface area contributed by atoms with E-state index in [1.165, 1.54) is 6.92 Å². The molecule has 0 amide bonds. The molecule has 1 aliphatic carbocycles. The Morgan fingerprint density at radius 1 is 1.50 bits per heavy atom. The van der Waals surface area contributed by atoms with E-state index in [0.29, 0.717) is 6.04 Å². The van der Waals surface area contributed by atoms with Crippen LogP contribution < -0.4 is 5.32 Å². The Balaban J connectivity index is 0.00000121. The number of esters is 1. The van der Waals surface area contributed by atoms with E-state index in [2.05, 4.69) is 5.32 Å². The molecule has 4 heteroatoms. The molecule has 0 aliphatic heterocycles. The fourth-order valence-corrected chi connectivity index (χ4v) is 1.61. The normalized spacial score (nSPS) is 27.8. The van der Waals surface area contributed by atoms with Gasteiger partial charge in [-0.2, -0.15) is 0 Å². The molecule has 1 aliphatic rings. The molecule has 72 valence electrons. The Kier molecular flexibility index (Phi) is 5.25. The highest BCUT2D eigenvalue weighted by Crippen LogP contribution is 2.21. The molecule has 0 aromatic carbocycles. The van der Waals surface area contributed by atoms with Gasteiger partial charge in [-0.25, -0.2) is 0 Å². The van der Waals surface area contributed by atoms with Crippen molar-refractivity contribution in [1.82, 2.24) is 5.32 Å². The van der Waals surface area contributed by atoms with Crippen LogP contribution in [-0.2, 0) is 9.53 Å². The number of carbonyl (C=O) groups excluding carboxylic acids is 1. The van der Waals surface area contributed by atoms with E-state index in [9.17, 15) is 4.79 Å². The molecule has 0 aromatic heterocycles. The molecule has 1 fully saturated rings. The second kappa shape index (κ2) is 5.38. The summed E-state index contributed by atoms with van der Waals surface area (Å²) in [7, 11) is 1.91. The van der Waals surface area contributed by atoms with Crippen molar-refractivity contribution in [3.63, 3.8) is 0 Å². The fraction of sp³-hybridized carbons (Fsp3) is 0.875.